The minimum Gasteiger partial charge on any atom is -0.390 e. The summed E-state index contributed by atoms with van der Waals surface area (Å²) >= 11 is 6.19. The second-order valence-corrected chi connectivity index (χ2v) is 10.6. The van der Waals surface area contributed by atoms with Gasteiger partial charge in [-0.25, -0.2) is 4.98 Å². The van der Waals surface area contributed by atoms with E-state index in [-0.39, 0.29) is 11.1 Å². The maximum atomic E-state index is 13.2. The first-order valence-corrected chi connectivity index (χ1v) is 12.7. The number of hydrogen-bond acceptors (Lipinski definition) is 5. The van der Waals surface area contributed by atoms with Gasteiger partial charge in [0.2, 0.25) is 0 Å². The lowest BCUT2D eigenvalue weighted by Crippen LogP contribution is -2.52. The van der Waals surface area contributed by atoms with Gasteiger partial charge in [0.25, 0.3) is 5.91 Å². The van der Waals surface area contributed by atoms with Crippen molar-refractivity contribution in [1.29, 1.82) is 0 Å². The molecular formula is C28H37ClN4O2. The molecule has 2 atom stereocenters. The predicted molar refractivity (Wildman–Crippen MR) is 143 cm³/mol. The minimum atomic E-state index is -0.822. The predicted octanol–water partition coefficient (Wildman–Crippen LogP) is 4.29. The number of β-amino-alcohol motifs (C(OH)–C–C–N with tert-alkyl or cyclic N) is 1. The minimum absolute atomic E-state index is 0.238. The van der Waals surface area contributed by atoms with Crippen molar-refractivity contribution >= 4 is 23.3 Å². The van der Waals surface area contributed by atoms with E-state index in [2.05, 4.69) is 46.6 Å². The van der Waals surface area contributed by atoms with E-state index in [4.69, 9.17) is 11.6 Å². The highest BCUT2D eigenvalue weighted by Crippen LogP contribution is 2.27. The fraction of sp³-hybridized carbons (Fsp3) is 0.500. The molecule has 1 aliphatic carbocycles. The quantitative estimate of drug-likeness (QED) is 0.275. The van der Waals surface area contributed by atoms with Gasteiger partial charge in [0.1, 0.15) is 11.0 Å². The van der Waals surface area contributed by atoms with Gasteiger partial charge in [0, 0.05) is 24.6 Å². The number of aromatic nitrogens is 1. The molecule has 1 saturated carbocycles. The number of anilines is 1. The number of halogens is 1. The van der Waals surface area contributed by atoms with Crippen molar-refractivity contribution in [3.8, 4) is 11.8 Å². The molecule has 3 rings (SSSR count). The molecule has 0 radical (unpaired) electrons. The van der Waals surface area contributed by atoms with Gasteiger partial charge in [-0.05, 0) is 56.7 Å². The molecule has 0 unspecified atom stereocenters. The van der Waals surface area contributed by atoms with Crippen molar-refractivity contribution in [2.75, 3.05) is 18.4 Å². The number of nitrogens with zero attached hydrogens (tertiary/aromatic N) is 1. The first-order valence-electron chi connectivity index (χ1n) is 12.3. The Morgan fingerprint density at radius 2 is 1.91 bits per heavy atom. The third-order valence-corrected chi connectivity index (χ3v) is 5.94. The van der Waals surface area contributed by atoms with Gasteiger partial charge in [-0.1, -0.05) is 67.6 Å². The maximum absolute atomic E-state index is 13.2. The SMILES string of the molecule is CC(C)CNc1cc(C(=O)N[C@@H](Cc2ccccc2)[C@H](O)CNC(C)(C)C#CC2CC2)cc(Cl)n1. The van der Waals surface area contributed by atoms with E-state index >= 15 is 0 Å². The van der Waals surface area contributed by atoms with E-state index in [1.54, 1.807) is 6.07 Å². The molecule has 1 amide bonds. The Kier molecular flexibility index (Phi) is 9.56. The molecule has 0 saturated heterocycles. The van der Waals surface area contributed by atoms with E-state index < -0.39 is 17.7 Å². The summed E-state index contributed by atoms with van der Waals surface area (Å²) in [4.78, 5) is 17.5. The van der Waals surface area contributed by atoms with Crippen molar-refractivity contribution < 1.29 is 9.90 Å². The topological polar surface area (TPSA) is 86.3 Å². The van der Waals surface area contributed by atoms with Crippen LogP contribution in [-0.4, -0.2) is 46.8 Å². The van der Waals surface area contributed by atoms with Crippen LogP contribution in [0.1, 0.15) is 56.5 Å². The highest BCUT2D eigenvalue weighted by atomic mass is 35.5. The van der Waals surface area contributed by atoms with Gasteiger partial charge < -0.3 is 15.7 Å². The molecule has 6 nitrogen and oxygen atoms in total. The molecule has 1 heterocycles. The number of hydrogen-bond donors (Lipinski definition) is 4. The van der Waals surface area contributed by atoms with Gasteiger partial charge >= 0.3 is 0 Å². The average molecular weight is 497 g/mol. The van der Waals surface area contributed by atoms with Gasteiger partial charge in [-0.3, -0.25) is 10.1 Å². The summed E-state index contributed by atoms with van der Waals surface area (Å²) in [6.07, 6.45) is 2.01. The molecule has 35 heavy (non-hydrogen) atoms. The Hall–Kier alpha value is -2.59. The second kappa shape index (κ2) is 12.4. The van der Waals surface area contributed by atoms with Crippen LogP contribution in [0.5, 0.6) is 0 Å². The molecule has 1 fully saturated rings. The van der Waals surface area contributed by atoms with Gasteiger partial charge in [-0.15, -0.1) is 0 Å². The summed E-state index contributed by atoms with van der Waals surface area (Å²) in [6.45, 7) is 9.20. The van der Waals surface area contributed by atoms with Gasteiger partial charge in [-0.2, -0.15) is 0 Å². The van der Waals surface area contributed by atoms with Crippen LogP contribution in [0.2, 0.25) is 5.15 Å². The molecule has 0 aliphatic heterocycles. The van der Waals surface area contributed by atoms with Crippen LogP contribution in [0.25, 0.3) is 0 Å². The Morgan fingerprint density at radius 3 is 2.57 bits per heavy atom. The number of rotatable bonds is 11. The number of benzene rings is 1. The van der Waals surface area contributed by atoms with Gasteiger partial charge in [0.05, 0.1) is 17.7 Å². The van der Waals surface area contributed by atoms with Gasteiger partial charge in [0.15, 0.2) is 0 Å². The Morgan fingerprint density at radius 1 is 1.20 bits per heavy atom. The summed E-state index contributed by atoms with van der Waals surface area (Å²) in [5.41, 5.74) is 0.988. The summed E-state index contributed by atoms with van der Waals surface area (Å²) in [7, 11) is 0. The summed E-state index contributed by atoms with van der Waals surface area (Å²) in [6, 6.07) is 12.5. The zero-order valence-electron chi connectivity index (χ0n) is 21.1. The second-order valence-electron chi connectivity index (χ2n) is 10.2. The highest BCUT2D eigenvalue weighted by molar-refractivity contribution is 6.29. The fourth-order valence-corrected chi connectivity index (χ4v) is 3.70. The normalized spacial score (nSPS) is 15.2. The lowest BCUT2D eigenvalue weighted by atomic mass is 9.99. The van der Waals surface area contributed by atoms with E-state index in [9.17, 15) is 9.90 Å². The number of carbonyl (C=O) groups is 1. The molecule has 2 aromatic rings. The van der Waals surface area contributed by atoms with Crippen LogP contribution in [0.15, 0.2) is 42.5 Å². The molecular weight excluding hydrogens is 460 g/mol. The molecule has 1 aromatic heterocycles. The van der Waals surface area contributed by atoms with Crippen LogP contribution in [0.3, 0.4) is 0 Å². The molecule has 0 spiro atoms. The summed E-state index contributed by atoms with van der Waals surface area (Å²) in [5, 5.41) is 20.9. The fourth-order valence-electron chi connectivity index (χ4n) is 3.49. The number of pyridine rings is 1. The third kappa shape index (κ3) is 9.52. The monoisotopic (exact) mass is 496 g/mol. The van der Waals surface area contributed by atoms with E-state index in [1.807, 2.05) is 44.2 Å². The zero-order chi connectivity index (χ0) is 25.4. The Bertz CT molecular complexity index is 1040. The number of aliphatic hydroxyl groups is 1. The average Bonchev–Trinajstić information content (AvgIpc) is 3.65. The Balaban J connectivity index is 1.71. The van der Waals surface area contributed by atoms with E-state index in [0.717, 1.165) is 12.1 Å². The summed E-state index contributed by atoms with van der Waals surface area (Å²) < 4.78 is 0. The van der Waals surface area contributed by atoms with Crippen molar-refractivity contribution in [3.63, 3.8) is 0 Å². The summed E-state index contributed by atoms with van der Waals surface area (Å²) in [5.74, 6) is 7.73. The Labute approximate surface area is 214 Å². The van der Waals surface area contributed by atoms with E-state index in [0.29, 0.717) is 36.2 Å². The zero-order valence-corrected chi connectivity index (χ0v) is 21.8. The standard InChI is InChI=1S/C28H37ClN4O2/c1-19(2)17-30-26-16-22(15-25(29)33-26)27(35)32-23(14-21-8-6-5-7-9-21)24(34)18-31-28(3,4)13-12-20-10-11-20/h5-9,15-16,19-20,23-24,31,34H,10-11,14,17-18H2,1-4H3,(H,30,33)(H,32,35)/t23-,24+/m0/s1. The van der Waals surface area contributed by atoms with Crippen molar-refractivity contribution in [1.82, 2.24) is 15.6 Å². The molecule has 1 aromatic carbocycles. The molecule has 4 N–H and O–H groups in total. The number of nitrogens with one attached hydrogen (secondary N) is 3. The smallest absolute Gasteiger partial charge is 0.251 e. The van der Waals surface area contributed by atoms with Crippen molar-refractivity contribution in [2.45, 2.75) is 64.6 Å². The molecule has 188 valence electrons. The largest absolute Gasteiger partial charge is 0.390 e. The third-order valence-electron chi connectivity index (χ3n) is 5.75. The number of amides is 1. The lowest BCUT2D eigenvalue weighted by molar-refractivity contribution is 0.0821. The first-order chi connectivity index (χ1) is 16.6. The molecule has 1 aliphatic rings. The van der Waals surface area contributed by atoms with E-state index in [1.165, 1.54) is 18.9 Å². The molecule has 0 bridgehead atoms. The van der Waals surface area contributed by atoms with Crippen LogP contribution < -0.4 is 16.0 Å². The van der Waals surface area contributed by atoms with Crippen molar-refractivity contribution in [3.05, 3.63) is 58.7 Å². The lowest BCUT2D eigenvalue weighted by Gasteiger charge is -2.28. The number of aliphatic hydroxyl groups excluding tert-OH is 1. The van der Waals surface area contributed by atoms with Crippen molar-refractivity contribution in [2.24, 2.45) is 11.8 Å². The highest BCUT2D eigenvalue weighted by Gasteiger charge is 2.26. The molecule has 7 heteroatoms. The van der Waals surface area contributed by atoms with Crippen LogP contribution >= 0.6 is 11.6 Å². The first kappa shape index (κ1) is 27.0. The number of carbonyl (C=O) groups excluding carboxylic acids is 1. The maximum Gasteiger partial charge on any atom is 0.251 e. The van der Waals surface area contributed by atoms with Crippen LogP contribution in [0.4, 0.5) is 5.82 Å². The van der Waals surface area contributed by atoms with Crippen LogP contribution in [0, 0.1) is 23.7 Å². The van der Waals surface area contributed by atoms with Crippen LogP contribution in [-0.2, 0) is 6.42 Å².